The predicted octanol–water partition coefficient (Wildman–Crippen LogP) is 11.8. The monoisotopic (exact) mass is 592 g/mol. The van der Waals surface area contributed by atoms with Gasteiger partial charge in [-0.05, 0) is 51.7 Å². The molecule has 0 aliphatic carbocycles. The van der Waals surface area contributed by atoms with Crippen molar-refractivity contribution in [1.82, 2.24) is 9.55 Å². The van der Waals surface area contributed by atoms with Crippen molar-refractivity contribution in [3.63, 3.8) is 0 Å². The third-order valence-electron chi connectivity index (χ3n) is 9.06. The molecule has 3 aromatic heterocycles. The van der Waals surface area contributed by atoms with Crippen molar-refractivity contribution in [2.24, 2.45) is 0 Å². The Morgan fingerprint density at radius 3 is 1.87 bits per heavy atom. The maximum absolute atomic E-state index is 6.87. The number of benzene rings is 7. The van der Waals surface area contributed by atoms with Gasteiger partial charge < -0.3 is 4.42 Å². The van der Waals surface area contributed by atoms with E-state index in [1.807, 2.05) is 0 Å². The van der Waals surface area contributed by atoms with E-state index in [1.165, 1.54) is 47.5 Å². The predicted molar refractivity (Wildman–Crippen MR) is 190 cm³/mol. The van der Waals surface area contributed by atoms with Crippen molar-refractivity contribution in [3.8, 4) is 28.3 Å². The van der Waals surface area contributed by atoms with Crippen LogP contribution in [0.1, 0.15) is 0 Å². The molecule has 0 N–H and O–H groups in total. The summed E-state index contributed by atoms with van der Waals surface area (Å²) < 4.78 is 11.5. The molecule has 0 amide bonds. The maximum Gasteiger partial charge on any atom is 0.307 e. The van der Waals surface area contributed by atoms with Crippen molar-refractivity contribution in [3.05, 3.63) is 146 Å². The number of oxazole rings is 1. The lowest BCUT2D eigenvalue weighted by atomic mass is 9.95. The van der Waals surface area contributed by atoms with E-state index in [-0.39, 0.29) is 0 Å². The SMILES string of the molecule is c1ccc2c(-c3ccc(-c4cc5sc6ccccc6c5c5oc(-n6c7ccccc7c7ccccc76)nc45)cc3)cccc2c1. The molecule has 0 unspecified atom stereocenters. The largest absolute Gasteiger partial charge is 0.422 e. The molecule has 0 fully saturated rings. The highest BCUT2D eigenvalue weighted by molar-refractivity contribution is 7.26. The van der Waals surface area contributed by atoms with E-state index in [2.05, 4.69) is 150 Å². The van der Waals surface area contributed by atoms with E-state index in [0.29, 0.717) is 6.01 Å². The van der Waals surface area contributed by atoms with Gasteiger partial charge in [0.05, 0.1) is 11.0 Å². The number of fused-ring (bicyclic) bond motifs is 9. The van der Waals surface area contributed by atoms with Gasteiger partial charge in [0, 0.05) is 36.5 Å². The van der Waals surface area contributed by atoms with Crippen LogP contribution in [0.4, 0.5) is 0 Å². The van der Waals surface area contributed by atoms with E-state index < -0.39 is 0 Å². The molecule has 0 aliphatic rings. The smallest absolute Gasteiger partial charge is 0.307 e. The van der Waals surface area contributed by atoms with Crippen LogP contribution >= 0.6 is 11.3 Å². The molecule has 0 saturated carbocycles. The Labute approximate surface area is 262 Å². The number of para-hydroxylation sites is 2. The second kappa shape index (κ2) is 9.39. The zero-order valence-electron chi connectivity index (χ0n) is 24.1. The van der Waals surface area contributed by atoms with Crippen LogP contribution in [0.5, 0.6) is 0 Å². The van der Waals surface area contributed by atoms with E-state index in [4.69, 9.17) is 9.40 Å². The van der Waals surface area contributed by atoms with Gasteiger partial charge in [0.2, 0.25) is 0 Å². The van der Waals surface area contributed by atoms with Gasteiger partial charge in [-0.1, -0.05) is 121 Å². The first-order valence-electron chi connectivity index (χ1n) is 15.1. The molecular formula is C41H24N2OS. The van der Waals surface area contributed by atoms with Crippen LogP contribution in [0.3, 0.4) is 0 Å². The minimum Gasteiger partial charge on any atom is -0.422 e. The first-order valence-corrected chi connectivity index (χ1v) is 16.0. The number of nitrogens with zero attached hydrogens (tertiary/aromatic N) is 2. The molecule has 10 rings (SSSR count). The van der Waals surface area contributed by atoms with Crippen LogP contribution in [-0.4, -0.2) is 9.55 Å². The minimum absolute atomic E-state index is 0.582. The summed E-state index contributed by atoms with van der Waals surface area (Å²) in [6, 6.07) is 52.4. The van der Waals surface area contributed by atoms with Gasteiger partial charge in [0.1, 0.15) is 5.52 Å². The third kappa shape index (κ3) is 3.60. The zero-order valence-corrected chi connectivity index (χ0v) is 24.9. The second-order valence-corrected chi connectivity index (χ2v) is 12.6. The topological polar surface area (TPSA) is 31.0 Å². The molecule has 45 heavy (non-hydrogen) atoms. The number of hydrogen-bond donors (Lipinski definition) is 0. The summed E-state index contributed by atoms with van der Waals surface area (Å²) in [5.74, 6) is 0. The first-order chi connectivity index (χ1) is 22.3. The van der Waals surface area contributed by atoms with Crippen molar-refractivity contribution in [2.75, 3.05) is 0 Å². The number of thiophene rings is 1. The van der Waals surface area contributed by atoms with Gasteiger partial charge in [-0.25, -0.2) is 0 Å². The van der Waals surface area contributed by atoms with E-state index in [0.717, 1.165) is 38.6 Å². The van der Waals surface area contributed by atoms with E-state index in [9.17, 15) is 0 Å². The van der Waals surface area contributed by atoms with Crippen LogP contribution in [0.25, 0.3) is 92.1 Å². The standard InChI is InChI=1S/C41H24N2OS/c1-2-12-28-25(10-1)11-9-16-29(28)26-20-22-27(23-21-26)33-24-37-38(32-15-5-8-19-36(32)45-37)40-39(33)42-41(44-40)43-34-17-6-3-13-30(34)31-14-4-7-18-35(31)43/h1-24H. The van der Waals surface area contributed by atoms with Crippen molar-refractivity contribution in [2.45, 2.75) is 0 Å². The Morgan fingerprint density at radius 2 is 1.11 bits per heavy atom. The Bertz CT molecular complexity index is 2700. The van der Waals surface area contributed by atoms with Crippen molar-refractivity contribution < 1.29 is 4.42 Å². The summed E-state index contributed by atoms with van der Waals surface area (Å²) in [5.41, 5.74) is 8.49. The molecule has 10 aromatic rings. The molecule has 0 atom stereocenters. The number of rotatable bonds is 3. The average Bonchev–Trinajstić information content (AvgIpc) is 3.79. The lowest BCUT2D eigenvalue weighted by molar-refractivity contribution is 0.577. The molecule has 210 valence electrons. The fourth-order valence-corrected chi connectivity index (χ4v) is 8.16. The summed E-state index contributed by atoms with van der Waals surface area (Å²) in [4.78, 5) is 5.29. The molecule has 0 radical (unpaired) electrons. The molecular weight excluding hydrogens is 569 g/mol. The molecule has 0 saturated heterocycles. The summed E-state index contributed by atoms with van der Waals surface area (Å²) in [6.07, 6.45) is 0. The quantitative estimate of drug-likeness (QED) is 0.204. The molecule has 0 spiro atoms. The molecule has 3 nitrogen and oxygen atoms in total. The Morgan fingerprint density at radius 1 is 0.511 bits per heavy atom. The summed E-state index contributed by atoms with van der Waals surface area (Å²) in [5, 5.41) is 7.20. The van der Waals surface area contributed by atoms with Gasteiger partial charge in [-0.15, -0.1) is 11.3 Å². The van der Waals surface area contributed by atoms with Crippen molar-refractivity contribution >= 4 is 75.2 Å². The summed E-state index contributed by atoms with van der Waals surface area (Å²) in [7, 11) is 0. The Hall–Kier alpha value is -5.71. The Kier molecular flexibility index (Phi) is 5.16. The van der Waals surface area contributed by atoms with Crippen LogP contribution in [0.15, 0.2) is 150 Å². The highest BCUT2D eigenvalue weighted by atomic mass is 32.1. The van der Waals surface area contributed by atoms with Crippen molar-refractivity contribution in [1.29, 1.82) is 0 Å². The van der Waals surface area contributed by atoms with Crippen LogP contribution < -0.4 is 0 Å². The third-order valence-corrected chi connectivity index (χ3v) is 10.2. The fraction of sp³-hybridized carbons (Fsp3) is 0. The fourth-order valence-electron chi connectivity index (χ4n) is 7.01. The van der Waals surface area contributed by atoms with Crippen LogP contribution in [0, 0.1) is 0 Å². The van der Waals surface area contributed by atoms with Gasteiger partial charge in [-0.3, -0.25) is 4.57 Å². The lowest BCUT2D eigenvalue weighted by Gasteiger charge is -2.09. The van der Waals surface area contributed by atoms with E-state index in [1.54, 1.807) is 11.3 Å². The van der Waals surface area contributed by atoms with Crippen LogP contribution in [-0.2, 0) is 0 Å². The lowest BCUT2D eigenvalue weighted by Crippen LogP contribution is -1.93. The minimum atomic E-state index is 0.582. The molecule has 7 aromatic carbocycles. The molecule has 0 aliphatic heterocycles. The zero-order chi connectivity index (χ0) is 29.5. The maximum atomic E-state index is 6.87. The Balaban J connectivity index is 1.24. The highest BCUT2D eigenvalue weighted by Gasteiger charge is 2.22. The van der Waals surface area contributed by atoms with Gasteiger partial charge in [0.15, 0.2) is 5.58 Å². The first kappa shape index (κ1) is 24.7. The molecule has 3 heterocycles. The molecule has 0 bridgehead atoms. The van der Waals surface area contributed by atoms with E-state index >= 15 is 0 Å². The number of hydrogen-bond acceptors (Lipinski definition) is 3. The van der Waals surface area contributed by atoms with Gasteiger partial charge in [-0.2, -0.15) is 4.98 Å². The second-order valence-electron chi connectivity index (χ2n) is 11.5. The highest BCUT2D eigenvalue weighted by Crippen LogP contribution is 2.44. The summed E-state index contributed by atoms with van der Waals surface area (Å²) in [6.45, 7) is 0. The normalized spacial score (nSPS) is 12.0. The van der Waals surface area contributed by atoms with Gasteiger partial charge in [0.25, 0.3) is 0 Å². The number of aromatic nitrogens is 2. The summed E-state index contributed by atoms with van der Waals surface area (Å²) >= 11 is 1.80. The van der Waals surface area contributed by atoms with Gasteiger partial charge >= 0.3 is 6.01 Å². The van der Waals surface area contributed by atoms with Crippen LogP contribution in [0.2, 0.25) is 0 Å². The molecule has 4 heteroatoms. The average molecular weight is 593 g/mol.